The first-order chi connectivity index (χ1) is 10.8. The molecule has 1 aromatic carbocycles. The summed E-state index contributed by atoms with van der Waals surface area (Å²) >= 11 is 3.18. The maximum absolute atomic E-state index is 13.9. The summed E-state index contributed by atoms with van der Waals surface area (Å²) in [6.45, 7) is 5.10. The highest BCUT2D eigenvalue weighted by atomic mass is 79.9. The predicted octanol–water partition coefficient (Wildman–Crippen LogP) is 1.18. The molecule has 128 valence electrons. The van der Waals surface area contributed by atoms with Gasteiger partial charge >= 0.3 is 0 Å². The molecule has 1 amide bonds. The van der Waals surface area contributed by atoms with Crippen LogP contribution in [-0.4, -0.2) is 60.9 Å². The molecule has 0 bridgehead atoms. The molecule has 1 unspecified atom stereocenters. The molecule has 0 saturated carbocycles. The van der Waals surface area contributed by atoms with E-state index in [0.717, 1.165) is 13.1 Å². The molecule has 6 nitrogen and oxygen atoms in total. The summed E-state index contributed by atoms with van der Waals surface area (Å²) in [6.07, 6.45) is 0. The summed E-state index contributed by atoms with van der Waals surface area (Å²) in [5.41, 5.74) is 4.23. The third-order valence-corrected chi connectivity index (χ3v) is 4.09. The Morgan fingerprint density at radius 3 is 2.78 bits per heavy atom. The van der Waals surface area contributed by atoms with E-state index in [9.17, 15) is 14.3 Å². The number of benzene rings is 1. The SMILES string of the molecule is CC(O)(CNc1cc(Br)cc(F)c1C(N)=O)CN1CCOCC1. The minimum Gasteiger partial charge on any atom is -0.387 e. The van der Waals surface area contributed by atoms with Gasteiger partial charge in [-0.3, -0.25) is 9.69 Å². The molecule has 4 N–H and O–H groups in total. The Morgan fingerprint density at radius 1 is 1.52 bits per heavy atom. The first-order valence-electron chi connectivity index (χ1n) is 7.34. The van der Waals surface area contributed by atoms with Crippen LogP contribution in [0.25, 0.3) is 0 Å². The smallest absolute Gasteiger partial charge is 0.253 e. The number of anilines is 1. The maximum Gasteiger partial charge on any atom is 0.253 e. The number of aliphatic hydroxyl groups is 1. The van der Waals surface area contributed by atoms with Gasteiger partial charge in [0.1, 0.15) is 5.82 Å². The van der Waals surface area contributed by atoms with Crippen molar-refractivity contribution >= 4 is 27.5 Å². The Kier molecular flexibility index (Phi) is 5.96. The van der Waals surface area contributed by atoms with Crippen molar-refractivity contribution < 1.29 is 19.0 Å². The van der Waals surface area contributed by atoms with E-state index in [1.807, 2.05) is 0 Å². The number of nitrogens with two attached hydrogens (primary N) is 1. The van der Waals surface area contributed by atoms with Crippen molar-refractivity contribution in [2.24, 2.45) is 5.73 Å². The van der Waals surface area contributed by atoms with Crippen molar-refractivity contribution in [3.8, 4) is 0 Å². The van der Waals surface area contributed by atoms with Gasteiger partial charge in [-0.15, -0.1) is 0 Å². The molecular weight excluding hydrogens is 369 g/mol. The van der Waals surface area contributed by atoms with Crippen LogP contribution in [0.5, 0.6) is 0 Å². The lowest BCUT2D eigenvalue weighted by atomic mass is 10.0. The number of amides is 1. The highest BCUT2D eigenvalue weighted by molar-refractivity contribution is 9.10. The molecule has 0 aromatic heterocycles. The van der Waals surface area contributed by atoms with E-state index >= 15 is 0 Å². The Bertz CT molecular complexity index is 577. The van der Waals surface area contributed by atoms with Crippen LogP contribution in [0.15, 0.2) is 16.6 Å². The van der Waals surface area contributed by atoms with E-state index in [-0.39, 0.29) is 17.8 Å². The fraction of sp³-hybridized carbons (Fsp3) is 0.533. The van der Waals surface area contributed by atoms with Gasteiger partial charge in [-0.05, 0) is 19.1 Å². The van der Waals surface area contributed by atoms with E-state index < -0.39 is 17.3 Å². The Balaban J connectivity index is 2.05. The van der Waals surface area contributed by atoms with Gasteiger partial charge in [0.25, 0.3) is 5.91 Å². The minimum absolute atomic E-state index is 0.153. The van der Waals surface area contributed by atoms with Crippen molar-refractivity contribution in [2.45, 2.75) is 12.5 Å². The van der Waals surface area contributed by atoms with E-state index in [1.54, 1.807) is 13.0 Å². The number of morpholine rings is 1. The third-order valence-electron chi connectivity index (χ3n) is 3.63. The molecule has 1 atom stereocenters. The topological polar surface area (TPSA) is 87.8 Å². The zero-order chi connectivity index (χ0) is 17.0. The van der Waals surface area contributed by atoms with Crippen molar-refractivity contribution in [1.29, 1.82) is 0 Å². The molecule has 1 fully saturated rings. The molecule has 0 radical (unpaired) electrons. The van der Waals surface area contributed by atoms with Gasteiger partial charge in [-0.1, -0.05) is 15.9 Å². The van der Waals surface area contributed by atoms with Gasteiger partial charge in [0.2, 0.25) is 0 Å². The molecule has 1 aromatic rings. The van der Waals surface area contributed by atoms with Crippen molar-refractivity contribution in [3.05, 3.63) is 28.0 Å². The number of primary amides is 1. The van der Waals surface area contributed by atoms with Crippen LogP contribution in [0.2, 0.25) is 0 Å². The molecule has 1 saturated heterocycles. The largest absolute Gasteiger partial charge is 0.387 e. The molecule has 0 aliphatic carbocycles. The van der Waals surface area contributed by atoms with Crippen LogP contribution in [0.4, 0.5) is 10.1 Å². The van der Waals surface area contributed by atoms with Gasteiger partial charge in [0.15, 0.2) is 0 Å². The summed E-state index contributed by atoms with van der Waals surface area (Å²) in [5.74, 6) is -1.56. The number of rotatable bonds is 6. The lowest BCUT2D eigenvalue weighted by molar-refractivity contribution is -0.0163. The van der Waals surface area contributed by atoms with Crippen molar-refractivity contribution in [1.82, 2.24) is 4.90 Å². The van der Waals surface area contributed by atoms with Crippen LogP contribution in [0, 0.1) is 5.82 Å². The minimum atomic E-state index is -1.05. The standard InChI is InChI=1S/C15H21BrFN3O3/c1-15(22,9-20-2-4-23-5-3-20)8-19-12-7-10(16)6-11(17)13(12)14(18)21/h6-7,19,22H,2-5,8-9H2,1H3,(H2,18,21). The van der Waals surface area contributed by atoms with Crippen LogP contribution in [-0.2, 0) is 4.74 Å². The van der Waals surface area contributed by atoms with Gasteiger partial charge in [0, 0.05) is 30.7 Å². The van der Waals surface area contributed by atoms with Crippen LogP contribution in [0.3, 0.4) is 0 Å². The zero-order valence-corrected chi connectivity index (χ0v) is 14.5. The quantitative estimate of drug-likeness (QED) is 0.679. The first-order valence-corrected chi connectivity index (χ1v) is 8.13. The van der Waals surface area contributed by atoms with Gasteiger partial charge in [-0.25, -0.2) is 4.39 Å². The molecule has 1 aliphatic rings. The van der Waals surface area contributed by atoms with Crippen LogP contribution in [0.1, 0.15) is 17.3 Å². The molecule has 0 spiro atoms. The lowest BCUT2D eigenvalue weighted by Gasteiger charge is -2.34. The second kappa shape index (κ2) is 7.57. The predicted molar refractivity (Wildman–Crippen MR) is 89.0 cm³/mol. The highest BCUT2D eigenvalue weighted by Gasteiger charge is 2.26. The Labute approximate surface area is 142 Å². The van der Waals surface area contributed by atoms with Gasteiger partial charge in [0.05, 0.1) is 30.1 Å². The third kappa shape index (κ3) is 5.13. The first kappa shape index (κ1) is 18.1. The Hall–Kier alpha value is -1.22. The fourth-order valence-corrected chi connectivity index (χ4v) is 2.98. The zero-order valence-electron chi connectivity index (χ0n) is 12.9. The number of ether oxygens (including phenoxy) is 1. The van der Waals surface area contributed by atoms with Gasteiger partial charge in [-0.2, -0.15) is 0 Å². The number of hydrogen-bond donors (Lipinski definition) is 3. The summed E-state index contributed by atoms with van der Waals surface area (Å²) in [7, 11) is 0. The number of carbonyl (C=O) groups is 1. The highest BCUT2D eigenvalue weighted by Crippen LogP contribution is 2.25. The number of halogens is 2. The number of hydrogen-bond acceptors (Lipinski definition) is 5. The van der Waals surface area contributed by atoms with E-state index in [0.29, 0.717) is 24.2 Å². The molecular formula is C15H21BrFN3O3. The van der Waals surface area contributed by atoms with E-state index in [4.69, 9.17) is 10.5 Å². The molecule has 23 heavy (non-hydrogen) atoms. The number of carbonyl (C=O) groups excluding carboxylic acids is 1. The van der Waals surface area contributed by atoms with Gasteiger partial charge < -0.3 is 20.9 Å². The molecule has 1 heterocycles. The summed E-state index contributed by atoms with van der Waals surface area (Å²) in [4.78, 5) is 13.5. The maximum atomic E-state index is 13.9. The van der Waals surface area contributed by atoms with Crippen LogP contribution < -0.4 is 11.1 Å². The Morgan fingerprint density at radius 2 is 2.17 bits per heavy atom. The molecule has 8 heteroatoms. The number of nitrogens with one attached hydrogen (secondary N) is 1. The van der Waals surface area contributed by atoms with E-state index in [1.165, 1.54) is 6.07 Å². The summed E-state index contributed by atoms with van der Waals surface area (Å²) in [5, 5.41) is 13.5. The summed E-state index contributed by atoms with van der Waals surface area (Å²) in [6, 6.07) is 2.74. The monoisotopic (exact) mass is 389 g/mol. The second-order valence-corrected chi connectivity index (χ2v) is 6.83. The average Bonchev–Trinajstić information content (AvgIpc) is 2.44. The van der Waals surface area contributed by atoms with Crippen LogP contribution >= 0.6 is 15.9 Å². The molecule has 2 rings (SSSR count). The lowest BCUT2D eigenvalue weighted by Crippen LogP contribution is -2.49. The van der Waals surface area contributed by atoms with Crippen molar-refractivity contribution in [3.63, 3.8) is 0 Å². The summed E-state index contributed by atoms with van der Waals surface area (Å²) < 4.78 is 19.7. The normalized spacial score (nSPS) is 18.4. The van der Waals surface area contributed by atoms with E-state index in [2.05, 4.69) is 26.1 Å². The fourth-order valence-electron chi connectivity index (χ4n) is 2.55. The molecule has 1 aliphatic heterocycles. The number of β-amino-alcohol motifs (C(OH)–C–C–N with tert-alkyl or cyclic N) is 1. The van der Waals surface area contributed by atoms with Crippen molar-refractivity contribution in [2.75, 3.05) is 44.7 Å². The number of nitrogens with zero attached hydrogens (tertiary/aromatic N) is 1. The second-order valence-electron chi connectivity index (χ2n) is 5.91. The average molecular weight is 390 g/mol.